The Hall–Kier alpha value is -1.06. The standard InChI is InChI=1S/C13H24N2O2/c1-4-11(5-2)13(17)14-8-9-15(10(3)16)12-6-7-12/h11-12H,4-9H2,1-3H3,(H,14,17). The molecule has 0 unspecified atom stereocenters. The Balaban J connectivity index is 2.26. The highest BCUT2D eigenvalue weighted by Gasteiger charge is 2.30. The van der Waals surface area contributed by atoms with E-state index in [1.165, 1.54) is 0 Å². The van der Waals surface area contributed by atoms with Crippen LogP contribution in [0.5, 0.6) is 0 Å². The molecular formula is C13H24N2O2. The quantitative estimate of drug-likeness (QED) is 0.734. The van der Waals surface area contributed by atoms with Gasteiger partial charge in [-0.2, -0.15) is 0 Å². The SMILES string of the molecule is CCC(CC)C(=O)NCCN(C(C)=O)C1CC1. The molecule has 0 radical (unpaired) electrons. The van der Waals surface area contributed by atoms with Gasteiger partial charge in [0.2, 0.25) is 11.8 Å². The average Bonchev–Trinajstić information content (AvgIpc) is 3.09. The first-order chi connectivity index (χ1) is 8.10. The van der Waals surface area contributed by atoms with Crippen molar-refractivity contribution in [2.45, 2.75) is 52.5 Å². The Kier molecular flexibility index (Phi) is 5.45. The molecule has 17 heavy (non-hydrogen) atoms. The fourth-order valence-electron chi connectivity index (χ4n) is 2.09. The molecular weight excluding hydrogens is 216 g/mol. The topological polar surface area (TPSA) is 49.4 Å². The van der Waals surface area contributed by atoms with Crippen LogP contribution in [-0.4, -0.2) is 35.8 Å². The van der Waals surface area contributed by atoms with Crippen LogP contribution >= 0.6 is 0 Å². The molecule has 0 heterocycles. The minimum atomic E-state index is 0.113. The number of hydrogen-bond donors (Lipinski definition) is 1. The first-order valence-electron chi connectivity index (χ1n) is 6.65. The summed E-state index contributed by atoms with van der Waals surface area (Å²) in [6.45, 7) is 6.87. The lowest BCUT2D eigenvalue weighted by molar-refractivity contribution is -0.130. The Labute approximate surface area is 104 Å². The highest BCUT2D eigenvalue weighted by molar-refractivity contribution is 5.78. The molecule has 0 aliphatic heterocycles. The Morgan fingerprint density at radius 1 is 1.29 bits per heavy atom. The van der Waals surface area contributed by atoms with Gasteiger partial charge in [0.15, 0.2) is 0 Å². The molecule has 0 aromatic heterocycles. The van der Waals surface area contributed by atoms with Crippen LogP contribution in [0.15, 0.2) is 0 Å². The molecule has 4 heteroatoms. The van der Waals surface area contributed by atoms with Gasteiger partial charge in [-0.3, -0.25) is 9.59 Å². The lowest BCUT2D eigenvalue weighted by atomic mass is 10.0. The molecule has 1 saturated carbocycles. The minimum Gasteiger partial charge on any atom is -0.354 e. The number of amides is 2. The predicted molar refractivity (Wildman–Crippen MR) is 67.5 cm³/mol. The summed E-state index contributed by atoms with van der Waals surface area (Å²) in [5.41, 5.74) is 0. The molecule has 1 N–H and O–H groups in total. The number of hydrogen-bond acceptors (Lipinski definition) is 2. The molecule has 0 spiro atoms. The van der Waals surface area contributed by atoms with Crippen molar-refractivity contribution in [1.82, 2.24) is 10.2 Å². The predicted octanol–water partition coefficient (Wildman–Crippen LogP) is 1.55. The first kappa shape index (κ1) is 14.0. The monoisotopic (exact) mass is 240 g/mol. The van der Waals surface area contributed by atoms with Crippen molar-refractivity contribution in [2.75, 3.05) is 13.1 Å². The Morgan fingerprint density at radius 2 is 1.88 bits per heavy atom. The second kappa shape index (κ2) is 6.62. The molecule has 0 bridgehead atoms. The molecule has 2 amide bonds. The van der Waals surface area contributed by atoms with E-state index in [-0.39, 0.29) is 17.7 Å². The van der Waals surface area contributed by atoms with Crippen molar-refractivity contribution >= 4 is 11.8 Å². The largest absolute Gasteiger partial charge is 0.354 e. The van der Waals surface area contributed by atoms with Crippen molar-refractivity contribution in [3.05, 3.63) is 0 Å². The van der Waals surface area contributed by atoms with Gasteiger partial charge < -0.3 is 10.2 Å². The van der Waals surface area contributed by atoms with Crippen molar-refractivity contribution < 1.29 is 9.59 Å². The molecule has 4 nitrogen and oxygen atoms in total. The van der Waals surface area contributed by atoms with Crippen LogP contribution in [0.3, 0.4) is 0 Å². The highest BCUT2D eigenvalue weighted by atomic mass is 16.2. The third kappa shape index (κ3) is 4.36. The molecule has 0 atom stereocenters. The van der Waals surface area contributed by atoms with E-state index in [1.807, 2.05) is 18.7 Å². The normalized spacial score (nSPS) is 14.8. The smallest absolute Gasteiger partial charge is 0.223 e. The maximum atomic E-state index is 11.7. The summed E-state index contributed by atoms with van der Waals surface area (Å²) in [5.74, 6) is 0.347. The Morgan fingerprint density at radius 3 is 2.29 bits per heavy atom. The van der Waals surface area contributed by atoms with Gasteiger partial charge in [0.05, 0.1) is 0 Å². The molecule has 1 aliphatic carbocycles. The second-order valence-corrected chi connectivity index (χ2v) is 4.75. The van der Waals surface area contributed by atoms with Gasteiger partial charge >= 0.3 is 0 Å². The zero-order chi connectivity index (χ0) is 12.8. The first-order valence-corrected chi connectivity index (χ1v) is 6.65. The van der Waals surface area contributed by atoms with E-state index in [4.69, 9.17) is 0 Å². The molecule has 0 saturated heterocycles. The van der Waals surface area contributed by atoms with Crippen LogP contribution in [0.2, 0.25) is 0 Å². The molecule has 1 fully saturated rings. The zero-order valence-electron chi connectivity index (χ0n) is 11.2. The minimum absolute atomic E-state index is 0.113. The van der Waals surface area contributed by atoms with E-state index < -0.39 is 0 Å². The summed E-state index contributed by atoms with van der Waals surface area (Å²) in [7, 11) is 0. The number of nitrogens with one attached hydrogen (secondary N) is 1. The van der Waals surface area contributed by atoms with Gasteiger partial charge in [-0.1, -0.05) is 13.8 Å². The van der Waals surface area contributed by atoms with Gasteiger partial charge in [-0.15, -0.1) is 0 Å². The van der Waals surface area contributed by atoms with E-state index in [0.717, 1.165) is 25.7 Å². The van der Waals surface area contributed by atoms with Gasteiger partial charge in [0.1, 0.15) is 0 Å². The Bertz CT molecular complexity index is 271. The van der Waals surface area contributed by atoms with Gasteiger partial charge in [-0.25, -0.2) is 0 Å². The fraction of sp³-hybridized carbons (Fsp3) is 0.846. The van der Waals surface area contributed by atoms with Crippen LogP contribution in [0.4, 0.5) is 0 Å². The van der Waals surface area contributed by atoms with Crippen LogP contribution < -0.4 is 5.32 Å². The van der Waals surface area contributed by atoms with E-state index in [0.29, 0.717) is 19.1 Å². The van der Waals surface area contributed by atoms with Crippen molar-refractivity contribution in [1.29, 1.82) is 0 Å². The van der Waals surface area contributed by atoms with Crippen LogP contribution in [0.1, 0.15) is 46.5 Å². The van der Waals surface area contributed by atoms with Gasteiger partial charge in [-0.05, 0) is 25.7 Å². The van der Waals surface area contributed by atoms with Crippen LogP contribution in [0, 0.1) is 5.92 Å². The molecule has 1 aliphatic rings. The molecule has 1 rings (SSSR count). The zero-order valence-corrected chi connectivity index (χ0v) is 11.2. The van der Waals surface area contributed by atoms with E-state index >= 15 is 0 Å². The highest BCUT2D eigenvalue weighted by Crippen LogP contribution is 2.26. The summed E-state index contributed by atoms with van der Waals surface area (Å²) in [6, 6.07) is 0.428. The van der Waals surface area contributed by atoms with Crippen LogP contribution in [-0.2, 0) is 9.59 Å². The van der Waals surface area contributed by atoms with E-state index in [2.05, 4.69) is 5.32 Å². The van der Waals surface area contributed by atoms with Crippen molar-refractivity contribution in [3.8, 4) is 0 Å². The summed E-state index contributed by atoms with van der Waals surface area (Å²) in [4.78, 5) is 25.0. The summed E-state index contributed by atoms with van der Waals surface area (Å²) in [5, 5.41) is 2.92. The summed E-state index contributed by atoms with van der Waals surface area (Å²) >= 11 is 0. The summed E-state index contributed by atoms with van der Waals surface area (Å²) in [6.07, 6.45) is 3.98. The van der Waals surface area contributed by atoms with Gasteiger partial charge in [0.25, 0.3) is 0 Å². The lowest BCUT2D eigenvalue weighted by Crippen LogP contribution is -2.40. The number of rotatable bonds is 7. The third-order valence-electron chi connectivity index (χ3n) is 3.40. The molecule has 98 valence electrons. The summed E-state index contributed by atoms with van der Waals surface area (Å²) < 4.78 is 0. The number of carbonyl (C=O) groups excluding carboxylic acids is 2. The molecule has 0 aromatic rings. The van der Waals surface area contributed by atoms with Gasteiger partial charge in [0, 0.05) is 32.0 Å². The van der Waals surface area contributed by atoms with Crippen LogP contribution in [0.25, 0.3) is 0 Å². The number of carbonyl (C=O) groups is 2. The number of nitrogens with zero attached hydrogens (tertiary/aromatic N) is 1. The van der Waals surface area contributed by atoms with Crippen molar-refractivity contribution in [3.63, 3.8) is 0 Å². The average molecular weight is 240 g/mol. The fourth-order valence-corrected chi connectivity index (χ4v) is 2.09. The van der Waals surface area contributed by atoms with Crippen molar-refractivity contribution in [2.24, 2.45) is 5.92 Å². The van der Waals surface area contributed by atoms with E-state index in [9.17, 15) is 9.59 Å². The maximum absolute atomic E-state index is 11.7. The third-order valence-corrected chi connectivity index (χ3v) is 3.40. The van der Waals surface area contributed by atoms with E-state index in [1.54, 1.807) is 6.92 Å². The second-order valence-electron chi connectivity index (χ2n) is 4.75. The lowest BCUT2D eigenvalue weighted by Gasteiger charge is -2.21. The molecule has 0 aromatic carbocycles. The maximum Gasteiger partial charge on any atom is 0.223 e.